The van der Waals surface area contributed by atoms with Crippen LogP contribution in [0.15, 0.2) is 6.07 Å². The molecular weight excluding hydrogens is 290 g/mol. The van der Waals surface area contributed by atoms with Crippen molar-refractivity contribution in [3.05, 3.63) is 16.5 Å². The lowest BCUT2D eigenvalue weighted by Crippen LogP contribution is -2.47. The first-order chi connectivity index (χ1) is 9.57. The minimum atomic E-state index is -0.554. The van der Waals surface area contributed by atoms with Crippen molar-refractivity contribution in [1.82, 2.24) is 4.48 Å². The number of carbonyl (C=O) groups is 3. The van der Waals surface area contributed by atoms with Gasteiger partial charge in [-0.15, -0.1) is 0 Å². The average Bonchev–Trinajstić information content (AvgIpc) is 2.81. The van der Waals surface area contributed by atoms with E-state index in [1.54, 1.807) is 20.2 Å². The van der Waals surface area contributed by atoms with Gasteiger partial charge in [0.15, 0.2) is 0 Å². The molecule has 4 N–H and O–H groups in total. The van der Waals surface area contributed by atoms with Crippen LogP contribution in [0.25, 0.3) is 0 Å². The van der Waals surface area contributed by atoms with E-state index in [4.69, 9.17) is 11.5 Å². The number of amides is 3. The van der Waals surface area contributed by atoms with E-state index in [-0.39, 0.29) is 29.1 Å². The molecule has 1 rings (SSSR count). The quantitative estimate of drug-likeness (QED) is 0.774. The summed E-state index contributed by atoms with van der Waals surface area (Å²) in [5.41, 5.74) is 10.9. The maximum absolute atomic E-state index is 12.3. The summed E-state index contributed by atoms with van der Waals surface area (Å²) in [5.74, 6) is -1.02. The molecule has 0 saturated carbocycles. The molecule has 0 radical (unpaired) electrons. The van der Waals surface area contributed by atoms with Crippen LogP contribution in [0.2, 0.25) is 0 Å². The minimum absolute atomic E-state index is 0.00513. The van der Waals surface area contributed by atoms with Gasteiger partial charge in [0.05, 0.1) is 20.5 Å². The molecule has 6 nitrogen and oxygen atoms in total. The van der Waals surface area contributed by atoms with Crippen LogP contribution in [0.3, 0.4) is 0 Å². The third kappa shape index (κ3) is 3.89. The van der Waals surface area contributed by atoms with Gasteiger partial charge in [0, 0.05) is 11.3 Å². The number of nitrogens with two attached hydrogens (primary N) is 2. The third-order valence-corrected chi connectivity index (χ3v) is 4.98. The molecule has 21 heavy (non-hydrogen) atoms. The van der Waals surface area contributed by atoms with E-state index >= 15 is 0 Å². The van der Waals surface area contributed by atoms with Gasteiger partial charge in [-0.05, 0) is 12.0 Å². The van der Waals surface area contributed by atoms with Crippen molar-refractivity contribution in [2.75, 3.05) is 14.1 Å². The molecule has 1 aromatic heterocycles. The number of quaternary nitrogens is 1. The van der Waals surface area contributed by atoms with Gasteiger partial charge in [-0.2, -0.15) is 0 Å². The summed E-state index contributed by atoms with van der Waals surface area (Å²) >= 11 is 1.40. The lowest BCUT2D eigenvalue weighted by Gasteiger charge is -2.25. The average molecular weight is 312 g/mol. The maximum atomic E-state index is 12.3. The highest BCUT2D eigenvalue weighted by Crippen LogP contribution is 2.38. The molecular formula is C14H22N3O3S+. The molecule has 0 aromatic carbocycles. The zero-order valence-corrected chi connectivity index (χ0v) is 13.6. The van der Waals surface area contributed by atoms with E-state index in [1.165, 1.54) is 11.3 Å². The molecule has 116 valence electrons. The Labute approximate surface area is 128 Å². The van der Waals surface area contributed by atoms with Crippen LogP contribution < -0.4 is 16.0 Å². The SMILES string of the molecule is CC(C)c1cc(C(N)=O)c([N+](C)(C)C(=O)CCC(N)=O)s1. The van der Waals surface area contributed by atoms with Gasteiger partial charge in [0.2, 0.25) is 10.9 Å². The Kier molecular flexibility index (Phi) is 5.25. The summed E-state index contributed by atoms with van der Waals surface area (Å²) in [7, 11) is 3.37. The zero-order valence-electron chi connectivity index (χ0n) is 12.8. The Hall–Kier alpha value is -1.73. The molecule has 0 aliphatic carbocycles. The largest absolute Gasteiger partial charge is 0.370 e. The first kappa shape index (κ1) is 17.3. The van der Waals surface area contributed by atoms with Crippen LogP contribution >= 0.6 is 11.3 Å². The highest BCUT2D eigenvalue weighted by atomic mass is 32.1. The van der Waals surface area contributed by atoms with Crippen molar-refractivity contribution in [3.63, 3.8) is 0 Å². The van der Waals surface area contributed by atoms with Gasteiger partial charge in [-0.1, -0.05) is 25.2 Å². The smallest absolute Gasteiger partial charge is 0.319 e. The van der Waals surface area contributed by atoms with Crippen molar-refractivity contribution in [1.29, 1.82) is 0 Å². The summed E-state index contributed by atoms with van der Waals surface area (Å²) in [6.07, 6.45) is 0.0320. The van der Waals surface area contributed by atoms with Gasteiger partial charge in [-0.3, -0.25) is 9.59 Å². The number of primary amides is 2. The molecule has 0 unspecified atom stereocenters. The maximum Gasteiger partial charge on any atom is 0.319 e. The summed E-state index contributed by atoms with van der Waals surface area (Å²) in [6, 6.07) is 1.74. The lowest BCUT2D eigenvalue weighted by molar-refractivity contribution is -0.130. The number of thiophene rings is 1. The Morgan fingerprint density at radius 2 is 1.76 bits per heavy atom. The number of hydrogen-bond donors (Lipinski definition) is 2. The highest BCUT2D eigenvalue weighted by Gasteiger charge is 2.35. The molecule has 0 spiro atoms. The van der Waals surface area contributed by atoms with Gasteiger partial charge in [-0.25, -0.2) is 9.28 Å². The second kappa shape index (κ2) is 6.36. The van der Waals surface area contributed by atoms with Crippen molar-refractivity contribution in [3.8, 4) is 0 Å². The van der Waals surface area contributed by atoms with Gasteiger partial charge in [0.1, 0.15) is 5.56 Å². The van der Waals surface area contributed by atoms with Crippen molar-refractivity contribution >= 4 is 34.1 Å². The topological polar surface area (TPSA) is 103 Å². The number of hydrogen-bond acceptors (Lipinski definition) is 4. The van der Waals surface area contributed by atoms with Gasteiger partial charge < -0.3 is 11.5 Å². The molecule has 0 saturated heterocycles. The van der Waals surface area contributed by atoms with Crippen LogP contribution in [-0.4, -0.2) is 31.8 Å². The molecule has 0 aliphatic rings. The Balaban J connectivity index is 3.19. The molecule has 3 amide bonds. The van der Waals surface area contributed by atoms with E-state index < -0.39 is 11.8 Å². The van der Waals surface area contributed by atoms with E-state index in [1.807, 2.05) is 13.8 Å². The minimum Gasteiger partial charge on any atom is -0.370 e. The lowest BCUT2D eigenvalue weighted by atomic mass is 10.1. The molecule has 0 atom stereocenters. The molecule has 1 heterocycles. The highest BCUT2D eigenvalue weighted by molar-refractivity contribution is 7.16. The fourth-order valence-corrected chi connectivity index (χ4v) is 3.13. The Morgan fingerprint density at radius 1 is 1.19 bits per heavy atom. The van der Waals surface area contributed by atoms with Gasteiger partial charge >= 0.3 is 5.91 Å². The summed E-state index contributed by atoms with van der Waals surface area (Å²) in [6.45, 7) is 4.02. The Bertz CT molecular complexity index is 576. The van der Waals surface area contributed by atoms with E-state index in [9.17, 15) is 14.4 Å². The van der Waals surface area contributed by atoms with Gasteiger partial charge in [0.25, 0.3) is 5.91 Å². The summed E-state index contributed by atoms with van der Waals surface area (Å²) in [5, 5.41) is 0.598. The van der Waals surface area contributed by atoms with Crippen LogP contribution in [0.1, 0.15) is 47.8 Å². The van der Waals surface area contributed by atoms with Crippen molar-refractivity contribution in [2.45, 2.75) is 32.6 Å². The van der Waals surface area contributed by atoms with Crippen molar-refractivity contribution in [2.24, 2.45) is 11.5 Å². The molecule has 7 heteroatoms. The fourth-order valence-electron chi connectivity index (χ4n) is 1.90. The first-order valence-corrected chi connectivity index (χ1v) is 7.48. The monoisotopic (exact) mass is 312 g/mol. The first-order valence-electron chi connectivity index (χ1n) is 6.67. The summed E-state index contributed by atoms with van der Waals surface area (Å²) in [4.78, 5) is 35.8. The fraction of sp³-hybridized carbons (Fsp3) is 0.500. The predicted molar refractivity (Wildman–Crippen MR) is 84.0 cm³/mol. The molecule has 0 aliphatic heterocycles. The van der Waals surface area contributed by atoms with Crippen LogP contribution in [0.5, 0.6) is 0 Å². The standard InChI is InChI=1S/C14H21N3O3S/c1-8(2)10-7-9(13(16)20)14(21-10)17(3,4)12(19)6-5-11(15)18/h7-8H,5-6H2,1-4H3,(H3-,15,16,18,20)/p+1. The second-order valence-corrected chi connectivity index (χ2v) is 6.76. The predicted octanol–water partition coefficient (Wildman–Crippen LogP) is 1.33. The zero-order chi connectivity index (χ0) is 16.4. The Morgan fingerprint density at radius 3 is 2.19 bits per heavy atom. The second-order valence-electron chi connectivity index (χ2n) is 5.70. The van der Waals surface area contributed by atoms with Crippen LogP contribution in [0.4, 0.5) is 5.00 Å². The number of nitrogens with zero attached hydrogens (tertiary/aromatic N) is 1. The number of carbonyl (C=O) groups excluding carboxylic acids is 3. The molecule has 0 fully saturated rings. The molecule has 1 aromatic rings. The third-order valence-electron chi connectivity index (χ3n) is 3.28. The summed E-state index contributed by atoms with van der Waals surface area (Å²) < 4.78 is -0.122. The number of rotatable bonds is 6. The normalized spacial score (nSPS) is 11.7. The van der Waals surface area contributed by atoms with E-state index in [2.05, 4.69) is 0 Å². The van der Waals surface area contributed by atoms with E-state index in [0.29, 0.717) is 10.6 Å². The van der Waals surface area contributed by atoms with Crippen LogP contribution in [-0.2, 0) is 9.59 Å². The van der Waals surface area contributed by atoms with Crippen LogP contribution in [0, 0.1) is 0 Å². The van der Waals surface area contributed by atoms with E-state index in [0.717, 1.165) is 4.88 Å². The molecule has 0 bridgehead atoms. The van der Waals surface area contributed by atoms with Crippen molar-refractivity contribution < 1.29 is 14.4 Å².